The van der Waals surface area contributed by atoms with Gasteiger partial charge in [0.15, 0.2) is 0 Å². The zero-order valence-electron chi connectivity index (χ0n) is 10.7. The van der Waals surface area contributed by atoms with Crippen molar-refractivity contribution in [3.63, 3.8) is 0 Å². The Kier molecular flexibility index (Phi) is 4.06. The first-order chi connectivity index (χ1) is 8.24. The normalized spacial score (nSPS) is 22.4. The molecule has 1 aliphatic rings. The van der Waals surface area contributed by atoms with Crippen LogP contribution in [0.5, 0.6) is 5.75 Å². The predicted molar refractivity (Wildman–Crippen MR) is 69.4 cm³/mol. The first-order valence-corrected chi connectivity index (χ1v) is 6.63. The zero-order chi connectivity index (χ0) is 12.3. The molecule has 3 unspecified atom stereocenters. The van der Waals surface area contributed by atoms with Gasteiger partial charge in [0.2, 0.25) is 0 Å². The van der Waals surface area contributed by atoms with E-state index >= 15 is 0 Å². The topological polar surface area (TPSA) is 29.5 Å². The molecule has 3 atom stereocenters. The van der Waals surface area contributed by atoms with E-state index < -0.39 is 0 Å². The Bertz CT molecular complexity index is 362. The van der Waals surface area contributed by atoms with Crippen molar-refractivity contribution in [2.75, 3.05) is 6.61 Å². The van der Waals surface area contributed by atoms with Crippen LogP contribution in [-0.2, 0) is 0 Å². The van der Waals surface area contributed by atoms with Crippen LogP contribution in [0.25, 0.3) is 0 Å². The van der Waals surface area contributed by atoms with Crippen LogP contribution in [0.3, 0.4) is 0 Å². The summed E-state index contributed by atoms with van der Waals surface area (Å²) >= 11 is 0. The number of aliphatic hydroxyl groups is 1. The summed E-state index contributed by atoms with van der Waals surface area (Å²) in [5.41, 5.74) is 1.18. The Balaban J connectivity index is 2.17. The average Bonchev–Trinajstić information content (AvgIpc) is 2.37. The minimum Gasteiger partial charge on any atom is -0.493 e. The smallest absolute Gasteiger partial charge is 0.122 e. The van der Waals surface area contributed by atoms with Gasteiger partial charge in [0.1, 0.15) is 5.75 Å². The van der Waals surface area contributed by atoms with Gasteiger partial charge in [0, 0.05) is 5.92 Å². The SMILES string of the molecule is CCCC(C)C(O)C1CCOc2ccccc21. The number of fused-ring (bicyclic) bond motifs is 1. The summed E-state index contributed by atoms with van der Waals surface area (Å²) in [5.74, 6) is 1.55. The van der Waals surface area contributed by atoms with Crippen LogP contribution in [0, 0.1) is 5.92 Å². The fraction of sp³-hybridized carbons (Fsp3) is 0.600. The zero-order valence-corrected chi connectivity index (χ0v) is 10.7. The molecular weight excluding hydrogens is 212 g/mol. The van der Waals surface area contributed by atoms with E-state index in [4.69, 9.17) is 4.74 Å². The van der Waals surface area contributed by atoms with Crippen LogP contribution >= 0.6 is 0 Å². The molecule has 0 aliphatic carbocycles. The molecule has 0 spiro atoms. The molecular formula is C15H22O2. The lowest BCUT2D eigenvalue weighted by atomic mass is 9.81. The van der Waals surface area contributed by atoms with Crippen molar-refractivity contribution in [2.45, 2.75) is 45.1 Å². The van der Waals surface area contributed by atoms with Crippen molar-refractivity contribution in [3.8, 4) is 5.75 Å². The molecule has 0 saturated heterocycles. The minimum absolute atomic E-state index is 0.238. The molecule has 0 amide bonds. The highest BCUT2D eigenvalue weighted by atomic mass is 16.5. The molecule has 0 aromatic heterocycles. The molecule has 2 nitrogen and oxygen atoms in total. The van der Waals surface area contributed by atoms with Crippen LogP contribution in [0.15, 0.2) is 24.3 Å². The minimum atomic E-state index is -0.250. The van der Waals surface area contributed by atoms with Gasteiger partial charge < -0.3 is 9.84 Å². The Morgan fingerprint density at radius 1 is 1.41 bits per heavy atom. The second-order valence-electron chi connectivity index (χ2n) is 5.04. The van der Waals surface area contributed by atoms with Crippen molar-refractivity contribution >= 4 is 0 Å². The monoisotopic (exact) mass is 234 g/mol. The number of rotatable bonds is 4. The second kappa shape index (κ2) is 5.54. The maximum absolute atomic E-state index is 10.5. The lowest BCUT2D eigenvalue weighted by Crippen LogP contribution is -2.30. The van der Waals surface area contributed by atoms with E-state index in [1.54, 1.807) is 0 Å². The molecule has 0 saturated carbocycles. The van der Waals surface area contributed by atoms with Gasteiger partial charge in [-0.2, -0.15) is 0 Å². The van der Waals surface area contributed by atoms with Crippen molar-refractivity contribution in [1.29, 1.82) is 0 Å². The molecule has 94 valence electrons. The van der Waals surface area contributed by atoms with Crippen LogP contribution in [0.2, 0.25) is 0 Å². The summed E-state index contributed by atoms with van der Waals surface area (Å²) in [6.45, 7) is 5.03. The fourth-order valence-electron chi connectivity index (χ4n) is 2.75. The molecule has 1 aliphatic heterocycles. The molecule has 0 fully saturated rings. The first kappa shape index (κ1) is 12.4. The summed E-state index contributed by atoms with van der Waals surface area (Å²) in [5, 5.41) is 10.5. The number of ether oxygens (including phenoxy) is 1. The maximum atomic E-state index is 10.5. The lowest BCUT2D eigenvalue weighted by molar-refractivity contribution is 0.0665. The molecule has 2 rings (SSSR count). The van der Waals surface area contributed by atoms with E-state index in [0.29, 0.717) is 5.92 Å². The van der Waals surface area contributed by atoms with E-state index in [-0.39, 0.29) is 12.0 Å². The standard InChI is InChI=1S/C15H22O2/c1-3-6-11(2)15(16)13-9-10-17-14-8-5-4-7-12(13)14/h4-5,7-8,11,13,15-16H,3,6,9-10H2,1-2H3. The molecule has 1 aromatic rings. The van der Waals surface area contributed by atoms with E-state index in [1.165, 1.54) is 5.56 Å². The van der Waals surface area contributed by atoms with Gasteiger partial charge in [-0.3, -0.25) is 0 Å². The summed E-state index contributed by atoms with van der Waals surface area (Å²) in [6, 6.07) is 8.10. The highest BCUT2D eigenvalue weighted by Crippen LogP contribution is 2.38. The predicted octanol–water partition coefficient (Wildman–Crippen LogP) is 3.35. The fourth-order valence-corrected chi connectivity index (χ4v) is 2.75. The van der Waals surface area contributed by atoms with Gasteiger partial charge in [-0.05, 0) is 30.4 Å². The van der Waals surface area contributed by atoms with E-state index in [1.807, 2.05) is 18.2 Å². The second-order valence-corrected chi connectivity index (χ2v) is 5.04. The number of hydrogen-bond acceptors (Lipinski definition) is 2. The van der Waals surface area contributed by atoms with Crippen molar-refractivity contribution < 1.29 is 9.84 Å². The molecule has 1 heterocycles. The van der Waals surface area contributed by atoms with E-state index in [2.05, 4.69) is 19.9 Å². The highest BCUT2D eigenvalue weighted by Gasteiger charge is 2.30. The van der Waals surface area contributed by atoms with Gasteiger partial charge in [0.05, 0.1) is 12.7 Å². The third-order valence-corrected chi connectivity index (χ3v) is 3.74. The Labute approximate surface area is 104 Å². The molecule has 1 aromatic carbocycles. The van der Waals surface area contributed by atoms with Crippen LogP contribution in [-0.4, -0.2) is 17.8 Å². The van der Waals surface area contributed by atoms with Crippen LogP contribution in [0.4, 0.5) is 0 Å². The molecule has 0 bridgehead atoms. The molecule has 1 N–H and O–H groups in total. The highest BCUT2D eigenvalue weighted by molar-refractivity contribution is 5.38. The van der Waals surface area contributed by atoms with Gasteiger partial charge in [0.25, 0.3) is 0 Å². The van der Waals surface area contributed by atoms with Gasteiger partial charge in [-0.15, -0.1) is 0 Å². The van der Waals surface area contributed by atoms with Crippen LogP contribution < -0.4 is 4.74 Å². The Morgan fingerprint density at radius 2 is 2.18 bits per heavy atom. The first-order valence-electron chi connectivity index (χ1n) is 6.63. The number of para-hydroxylation sites is 1. The Hall–Kier alpha value is -1.02. The molecule has 17 heavy (non-hydrogen) atoms. The van der Waals surface area contributed by atoms with Crippen molar-refractivity contribution in [1.82, 2.24) is 0 Å². The van der Waals surface area contributed by atoms with E-state index in [9.17, 15) is 5.11 Å². The van der Waals surface area contributed by atoms with Gasteiger partial charge >= 0.3 is 0 Å². The maximum Gasteiger partial charge on any atom is 0.122 e. The summed E-state index contributed by atoms with van der Waals surface area (Å²) in [4.78, 5) is 0. The largest absolute Gasteiger partial charge is 0.493 e. The number of benzene rings is 1. The van der Waals surface area contributed by atoms with Crippen molar-refractivity contribution in [3.05, 3.63) is 29.8 Å². The lowest BCUT2D eigenvalue weighted by Gasteiger charge is -2.32. The third kappa shape index (κ3) is 2.63. The molecule has 2 heteroatoms. The summed E-state index contributed by atoms with van der Waals surface area (Å²) < 4.78 is 5.63. The van der Waals surface area contributed by atoms with E-state index in [0.717, 1.165) is 31.6 Å². The van der Waals surface area contributed by atoms with Crippen LogP contribution in [0.1, 0.15) is 44.6 Å². The summed E-state index contributed by atoms with van der Waals surface area (Å²) in [7, 11) is 0. The summed E-state index contributed by atoms with van der Waals surface area (Å²) in [6.07, 6.45) is 2.88. The molecule has 0 radical (unpaired) electrons. The van der Waals surface area contributed by atoms with Crippen molar-refractivity contribution in [2.24, 2.45) is 5.92 Å². The Morgan fingerprint density at radius 3 is 2.94 bits per heavy atom. The number of hydrogen-bond donors (Lipinski definition) is 1. The average molecular weight is 234 g/mol. The third-order valence-electron chi connectivity index (χ3n) is 3.74. The number of aliphatic hydroxyl groups excluding tert-OH is 1. The van der Waals surface area contributed by atoms with Gasteiger partial charge in [-0.25, -0.2) is 0 Å². The quantitative estimate of drug-likeness (QED) is 0.865. The van der Waals surface area contributed by atoms with Gasteiger partial charge in [-0.1, -0.05) is 38.5 Å².